The van der Waals surface area contributed by atoms with Crippen molar-refractivity contribution in [2.45, 2.75) is 52.1 Å². The predicted octanol–water partition coefficient (Wildman–Crippen LogP) is 2.64. The molecule has 0 aromatic rings. The molecule has 3 heteroatoms. The third-order valence-electron chi connectivity index (χ3n) is 3.14. The van der Waals surface area contributed by atoms with E-state index in [0.717, 1.165) is 6.42 Å². The van der Waals surface area contributed by atoms with Gasteiger partial charge < -0.3 is 4.74 Å². The van der Waals surface area contributed by atoms with Crippen molar-refractivity contribution in [3.8, 4) is 0 Å². The Morgan fingerprint density at radius 2 is 2.25 bits per heavy atom. The Kier molecular flexibility index (Phi) is 4.27. The van der Waals surface area contributed by atoms with E-state index in [1.165, 1.54) is 6.92 Å². The van der Waals surface area contributed by atoms with Crippen molar-refractivity contribution < 1.29 is 14.3 Å². The summed E-state index contributed by atoms with van der Waals surface area (Å²) in [5.74, 6) is -0.259. The number of ether oxygens (including phenoxy) is 1. The van der Waals surface area contributed by atoms with E-state index in [0.29, 0.717) is 19.3 Å². The van der Waals surface area contributed by atoms with E-state index < -0.39 is 5.60 Å². The highest BCUT2D eigenvalue weighted by molar-refractivity contribution is 5.85. The molecular weight excluding hydrogens is 204 g/mol. The quantitative estimate of drug-likeness (QED) is 0.544. The summed E-state index contributed by atoms with van der Waals surface area (Å²) in [5, 5.41) is 0. The van der Waals surface area contributed by atoms with Gasteiger partial charge in [0, 0.05) is 13.3 Å². The predicted molar refractivity (Wildman–Crippen MR) is 62.0 cm³/mol. The molecule has 0 saturated heterocycles. The van der Waals surface area contributed by atoms with Crippen LogP contribution in [0, 0.1) is 5.92 Å². The lowest BCUT2D eigenvalue weighted by Gasteiger charge is -2.29. The van der Waals surface area contributed by atoms with Crippen LogP contribution in [-0.4, -0.2) is 17.4 Å². The molecule has 0 spiro atoms. The van der Waals surface area contributed by atoms with Crippen LogP contribution in [0.25, 0.3) is 0 Å². The number of rotatable bonds is 4. The summed E-state index contributed by atoms with van der Waals surface area (Å²) in [5.41, 5.74) is -0.596. The normalized spacial score (nSPS) is 29.9. The van der Waals surface area contributed by atoms with Gasteiger partial charge in [0.25, 0.3) is 0 Å². The zero-order valence-corrected chi connectivity index (χ0v) is 10.3. The van der Waals surface area contributed by atoms with Crippen molar-refractivity contribution in [1.82, 2.24) is 0 Å². The maximum Gasteiger partial charge on any atom is 0.303 e. The Balaban J connectivity index is 2.72. The standard InChI is InChI=1S/C13H20O3/c1-4-5-6-7-11-12(15)8-9-13(11,3)16-10(2)14/h5-6,11H,4,7-9H2,1-3H3/b6-5+. The SMILES string of the molecule is CC/C=C/CC1C(=O)CCC1(C)OC(C)=O. The summed E-state index contributed by atoms with van der Waals surface area (Å²) in [7, 11) is 0. The van der Waals surface area contributed by atoms with Crippen molar-refractivity contribution >= 4 is 11.8 Å². The molecule has 0 N–H and O–H groups in total. The molecule has 2 unspecified atom stereocenters. The van der Waals surface area contributed by atoms with Gasteiger partial charge in [-0.1, -0.05) is 19.1 Å². The zero-order chi connectivity index (χ0) is 12.2. The van der Waals surface area contributed by atoms with Crippen molar-refractivity contribution in [1.29, 1.82) is 0 Å². The second kappa shape index (κ2) is 5.28. The lowest BCUT2D eigenvalue weighted by Crippen LogP contribution is -2.36. The van der Waals surface area contributed by atoms with Crippen LogP contribution in [0.5, 0.6) is 0 Å². The highest BCUT2D eigenvalue weighted by Gasteiger charge is 2.46. The minimum atomic E-state index is -0.596. The van der Waals surface area contributed by atoms with Crippen molar-refractivity contribution in [3.05, 3.63) is 12.2 Å². The number of Topliss-reactive ketones (excluding diaryl/α,β-unsaturated/α-hetero) is 1. The first-order valence-corrected chi connectivity index (χ1v) is 5.87. The van der Waals surface area contributed by atoms with Crippen LogP contribution in [0.15, 0.2) is 12.2 Å². The van der Waals surface area contributed by atoms with E-state index in [1.54, 1.807) is 0 Å². The minimum Gasteiger partial charge on any atom is -0.459 e. The number of carbonyl (C=O) groups excluding carboxylic acids is 2. The van der Waals surface area contributed by atoms with Gasteiger partial charge in [-0.05, 0) is 26.2 Å². The molecule has 0 radical (unpaired) electrons. The summed E-state index contributed by atoms with van der Waals surface area (Å²) in [6.07, 6.45) is 6.86. The van der Waals surface area contributed by atoms with E-state index >= 15 is 0 Å². The van der Waals surface area contributed by atoms with E-state index in [4.69, 9.17) is 4.74 Å². The zero-order valence-electron chi connectivity index (χ0n) is 10.3. The summed E-state index contributed by atoms with van der Waals surface area (Å²) in [6.45, 7) is 5.31. The van der Waals surface area contributed by atoms with Gasteiger partial charge in [0.05, 0.1) is 5.92 Å². The van der Waals surface area contributed by atoms with Crippen LogP contribution < -0.4 is 0 Å². The number of ketones is 1. The van der Waals surface area contributed by atoms with Crippen molar-refractivity contribution in [2.24, 2.45) is 5.92 Å². The van der Waals surface area contributed by atoms with Crippen LogP contribution in [0.1, 0.15) is 46.5 Å². The Bertz CT molecular complexity index is 306. The largest absolute Gasteiger partial charge is 0.459 e. The number of allylic oxidation sites excluding steroid dienone is 2. The first-order chi connectivity index (χ1) is 7.49. The van der Waals surface area contributed by atoms with Crippen molar-refractivity contribution in [3.63, 3.8) is 0 Å². The molecule has 3 nitrogen and oxygen atoms in total. The van der Waals surface area contributed by atoms with Gasteiger partial charge >= 0.3 is 5.97 Å². The van der Waals surface area contributed by atoms with Gasteiger partial charge in [0.2, 0.25) is 0 Å². The van der Waals surface area contributed by atoms with Gasteiger partial charge in [-0.25, -0.2) is 0 Å². The second-order valence-corrected chi connectivity index (χ2v) is 4.54. The van der Waals surface area contributed by atoms with Crippen LogP contribution in [-0.2, 0) is 14.3 Å². The van der Waals surface area contributed by atoms with Crippen LogP contribution >= 0.6 is 0 Å². The molecule has 2 atom stereocenters. The van der Waals surface area contributed by atoms with Gasteiger partial charge in [-0.15, -0.1) is 0 Å². The lowest BCUT2D eigenvalue weighted by atomic mass is 9.89. The van der Waals surface area contributed by atoms with Gasteiger partial charge in [0.15, 0.2) is 0 Å². The third-order valence-corrected chi connectivity index (χ3v) is 3.14. The summed E-state index contributed by atoms with van der Waals surface area (Å²) >= 11 is 0. The summed E-state index contributed by atoms with van der Waals surface area (Å²) in [4.78, 5) is 22.8. The minimum absolute atomic E-state index is 0.167. The molecule has 1 aliphatic carbocycles. The molecule has 0 aromatic carbocycles. The number of hydrogen-bond donors (Lipinski definition) is 0. The molecule has 0 aromatic heterocycles. The molecule has 1 fully saturated rings. The molecule has 0 amide bonds. The van der Waals surface area contributed by atoms with E-state index in [2.05, 4.69) is 6.92 Å². The topological polar surface area (TPSA) is 43.4 Å². The third kappa shape index (κ3) is 2.94. The molecule has 16 heavy (non-hydrogen) atoms. The van der Waals surface area contributed by atoms with Crippen LogP contribution in [0.4, 0.5) is 0 Å². The Morgan fingerprint density at radius 3 is 2.81 bits per heavy atom. The summed E-state index contributed by atoms with van der Waals surface area (Å²) in [6, 6.07) is 0. The molecular formula is C13H20O3. The molecule has 90 valence electrons. The number of carbonyl (C=O) groups is 2. The maximum atomic E-state index is 11.7. The monoisotopic (exact) mass is 224 g/mol. The highest BCUT2D eigenvalue weighted by Crippen LogP contribution is 2.38. The lowest BCUT2D eigenvalue weighted by molar-refractivity contribution is -0.159. The average Bonchev–Trinajstić information content (AvgIpc) is 2.44. The van der Waals surface area contributed by atoms with Gasteiger partial charge in [-0.2, -0.15) is 0 Å². The maximum absolute atomic E-state index is 11.7. The Morgan fingerprint density at radius 1 is 1.56 bits per heavy atom. The summed E-state index contributed by atoms with van der Waals surface area (Å²) < 4.78 is 5.32. The molecule has 1 rings (SSSR count). The number of esters is 1. The molecule has 0 aliphatic heterocycles. The fraction of sp³-hybridized carbons (Fsp3) is 0.692. The Hall–Kier alpha value is -1.12. The van der Waals surface area contributed by atoms with E-state index in [-0.39, 0.29) is 17.7 Å². The molecule has 1 saturated carbocycles. The smallest absolute Gasteiger partial charge is 0.303 e. The van der Waals surface area contributed by atoms with Crippen molar-refractivity contribution in [2.75, 3.05) is 0 Å². The van der Waals surface area contributed by atoms with Crippen LogP contribution in [0.2, 0.25) is 0 Å². The highest BCUT2D eigenvalue weighted by atomic mass is 16.6. The van der Waals surface area contributed by atoms with E-state index in [9.17, 15) is 9.59 Å². The van der Waals surface area contributed by atoms with Crippen LogP contribution in [0.3, 0.4) is 0 Å². The number of hydrogen-bond acceptors (Lipinski definition) is 3. The average molecular weight is 224 g/mol. The fourth-order valence-electron chi connectivity index (χ4n) is 2.29. The first-order valence-electron chi connectivity index (χ1n) is 5.87. The molecule has 0 bridgehead atoms. The van der Waals surface area contributed by atoms with Gasteiger partial charge in [-0.3, -0.25) is 9.59 Å². The van der Waals surface area contributed by atoms with Gasteiger partial charge in [0.1, 0.15) is 11.4 Å². The van der Waals surface area contributed by atoms with E-state index in [1.807, 2.05) is 19.1 Å². The molecule has 1 aliphatic rings. The molecule has 0 heterocycles. The second-order valence-electron chi connectivity index (χ2n) is 4.54. The Labute approximate surface area is 96.9 Å². The fourth-order valence-corrected chi connectivity index (χ4v) is 2.29. The first kappa shape index (κ1) is 12.9.